The van der Waals surface area contributed by atoms with E-state index in [1.54, 1.807) is 19.1 Å². The van der Waals surface area contributed by atoms with Crippen LogP contribution >= 0.6 is 0 Å². The van der Waals surface area contributed by atoms with Gasteiger partial charge in [-0.3, -0.25) is 0 Å². The van der Waals surface area contributed by atoms with Crippen LogP contribution < -0.4 is 4.74 Å². The Hall–Kier alpha value is -1.56. The fourth-order valence-corrected chi connectivity index (χ4v) is 1.41. The number of hydrogen-bond acceptors (Lipinski definition) is 2. The third kappa shape index (κ3) is 2.69. The molecule has 2 nitrogen and oxygen atoms in total. The number of nitriles is 1. The normalized spacial score (nSPS) is 11.9. The Labute approximate surface area is 89.3 Å². The highest BCUT2D eigenvalue weighted by atomic mass is 19.1. The summed E-state index contributed by atoms with van der Waals surface area (Å²) in [6.45, 7) is 4.14. The summed E-state index contributed by atoms with van der Waals surface area (Å²) >= 11 is 0. The van der Waals surface area contributed by atoms with Crippen LogP contribution in [0.1, 0.15) is 31.7 Å². The van der Waals surface area contributed by atoms with Crippen LogP contribution in [0.25, 0.3) is 0 Å². The Morgan fingerprint density at radius 2 is 2.20 bits per heavy atom. The molecule has 0 aromatic heterocycles. The van der Waals surface area contributed by atoms with E-state index in [4.69, 9.17) is 10.00 Å². The molecule has 0 aliphatic carbocycles. The fourth-order valence-electron chi connectivity index (χ4n) is 1.41. The molecule has 1 aromatic rings. The zero-order valence-electron chi connectivity index (χ0n) is 8.96. The van der Waals surface area contributed by atoms with Gasteiger partial charge in [0.2, 0.25) is 0 Å². The lowest BCUT2D eigenvalue weighted by Gasteiger charge is -2.09. The molecule has 0 bridgehead atoms. The molecule has 1 rings (SSSR count). The largest absolute Gasteiger partial charge is 0.491 e. The molecule has 1 atom stereocenters. The molecule has 0 amide bonds. The van der Waals surface area contributed by atoms with Crippen LogP contribution in [-0.2, 0) is 0 Å². The minimum Gasteiger partial charge on any atom is -0.491 e. The average Bonchev–Trinajstić information content (AvgIpc) is 2.24. The predicted molar refractivity (Wildman–Crippen MR) is 56.2 cm³/mol. The van der Waals surface area contributed by atoms with Crippen LogP contribution in [-0.4, -0.2) is 6.61 Å². The van der Waals surface area contributed by atoms with E-state index in [2.05, 4.69) is 6.07 Å². The molecule has 0 saturated carbocycles. The van der Waals surface area contributed by atoms with Gasteiger partial charge in [0.1, 0.15) is 0 Å². The number of benzene rings is 1. The third-order valence-corrected chi connectivity index (χ3v) is 2.22. The SMILES string of the molecule is CCOc1ccc(C(C#N)CC)cc1F. The standard InChI is InChI=1S/C12H14FNO/c1-3-9(8-14)10-5-6-12(15-4-2)11(13)7-10/h5-7,9H,3-4H2,1-2H3. The fraction of sp³-hybridized carbons (Fsp3) is 0.417. The first-order valence-corrected chi connectivity index (χ1v) is 5.04. The Balaban J connectivity index is 2.96. The monoisotopic (exact) mass is 207 g/mol. The second-order valence-electron chi connectivity index (χ2n) is 3.21. The van der Waals surface area contributed by atoms with E-state index in [9.17, 15) is 4.39 Å². The van der Waals surface area contributed by atoms with Gasteiger partial charge in [0.25, 0.3) is 0 Å². The van der Waals surface area contributed by atoms with Gasteiger partial charge in [0.05, 0.1) is 18.6 Å². The van der Waals surface area contributed by atoms with E-state index in [1.165, 1.54) is 6.07 Å². The minimum atomic E-state index is -0.400. The van der Waals surface area contributed by atoms with Crippen molar-refractivity contribution in [3.8, 4) is 11.8 Å². The summed E-state index contributed by atoms with van der Waals surface area (Å²) in [5.41, 5.74) is 0.709. The summed E-state index contributed by atoms with van der Waals surface area (Å²) < 4.78 is 18.5. The second-order valence-corrected chi connectivity index (χ2v) is 3.21. The van der Waals surface area contributed by atoms with Gasteiger partial charge in [0.15, 0.2) is 11.6 Å². The molecule has 0 fully saturated rings. The van der Waals surface area contributed by atoms with E-state index >= 15 is 0 Å². The molecule has 1 unspecified atom stereocenters. The zero-order valence-corrected chi connectivity index (χ0v) is 8.96. The molecular weight excluding hydrogens is 193 g/mol. The van der Waals surface area contributed by atoms with Crippen LogP contribution in [0.4, 0.5) is 4.39 Å². The number of ether oxygens (including phenoxy) is 1. The lowest BCUT2D eigenvalue weighted by atomic mass is 9.98. The molecule has 0 radical (unpaired) electrons. The number of hydrogen-bond donors (Lipinski definition) is 0. The first kappa shape index (κ1) is 11.5. The van der Waals surface area contributed by atoms with Crippen molar-refractivity contribution < 1.29 is 9.13 Å². The first-order valence-electron chi connectivity index (χ1n) is 5.04. The number of halogens is 1. The second kappa shape index (κ2) is 5.35. The van der Waals surface area contributed by atoms with Gasteiger partial charge in [-0.15, -0.1) is 0 Å². The quantitative estimate of drug-likeness (QED) is 0.759. The lowest BCUT2D eigenvalue weighted by molar-refractivity contribution is 0.321. The molecule has 0 aliphatic rings. The smallest absolute Gasteiger partial charge is 0.165 e. The highest BCUT2D eigenvalue weighted by molar-refractivity contribution is 5.33. The Kier molecular flexibility index (Phi) is 4.11. The first-order chi connectivity index (χ1) is 7.22. The lowest BCUT2D eigenvalue weighted by Crippen LogP contribution is -1.98. The zero-order chi connectivity index (χ0) is 11.3. The van der Waals surface area contributed by atoms with Crippen molar-refractivity contribution >= 4 is 0 Å². The molecular formula is C12H14FNO. The maximum absolute atomic E-state index is 13.4. The van der Waals surface area contributed by atoms with Gasteiger partial charge >= 0.3 is 0 Å². The molecule has 80 valence electrons. The van der Waals surface area contributed by atoms with Crippen molar-refractivity contribution in [1.29, 1.82) is 5.26 Å². The molecule has 0 spiro atoms. The summed E-state index contributed by atoms with van der Waals surface area (Å²) in [7, 11) is 0. The molecule has 3 heteroatoms. The van der Waals surface area contributed by atoms with Crippen LogP contribution in [0.3, 0.4) is 0 Å². The maximum Gasteiger partial charge on any atom is 0.165 e. The van der Waals surface area contributed by atoms with Crippen molar-refractivity contribution in [2.75, 3.05) is 6.61 Å². The molecule has 0 aliphatic heterocycles. The topological polar surface area (TPSA) is 33.0 Å². The minimum absolute atomic E-state index is 0.241. The summed E-state index contributed by atoms with van der Waals surface area (Å²) in [6.07, 6.45) is 0.684. The van der Waals surface area contributed by atoms with Gasteiger partial charge in [0, 0.05) is 0 Å². The molecule has 15 heavy (non-hydrogen) atoms. The number of rotatable bonds is 4. The average molecular weight is 207 g/mol. The third-order valence-electron chi connectivity index (χ3n) is 2.22. The van der Waals surface area contributed by atoms with Gasteiger partial charge < -0.3 is 4.74 Å². The van der Waals surface area contributed by atoms with Crippen molar-refractivity contribution in [3.63, 3.8) is 0 Å². The Bertz CT molecular complexity index is 370. The summed E-state index contributed by atoms with van der Waals surface area (Å²) in [5, 5.41) is 8.84. The maximum atomic E-state index is 13.4. The molecule has 0 N–H and O–H groups in total. The molecule has 0 heterocycles. The van der Waals surface area contributed by atoms with Gasteiger partial charge in [-0.1, -0.05) is 13.0 Å². The van der Waals surface area contributed by atoms with E-state index in [0.717, 1.165) is 0 Å². The molecule has 0 saturated heterocycles. The van der Waals surface area contributed by atoms with E-state index in [1.807, 2.05) is 6.92 Å². The van der Waals surface area contributed by atoms with Crippen molar-refractivity contribution in [3.05, 3.63) is 29.6 Å². The van der Waals surface area contributed by atoms with Crippen LogP contribution in [0.5, 0.6) is 5.75 Å². The Morgan fingerprint density at radius 3 is 2.67 bits per heavy atom. The van der Waals surface area contributed by atoms with E-state index in [-0.39, 0.29) is 11.7 Å². The Morgan fingerprint density at radius 1 is 1.47 bits per heavy atom. The highest BCUT2D eigenvalue weighted by Gasteiger charge is 2.11. The number of nitrogens with zero attached hydrogens (tertiary/aromatic N) is 1. The van der Waals surface area contributed by atoms with Crippen molar-refractivity contribution in [2.45, 2.75) is 26.2 Å². The van der Waals surface area contributed by atoms with Gasteiger partial charge in [-0.2, -0.15) is 5.26 Å². The van der Waals surface area contributed by atoms with Crippen LogP contribution in [0.2, 0.25) is 0 Å². The van der Waals surface area contributed by atoms with Crippen LogP contribution in [0, 0.1) is 17.1 Å². The van der Waals surface area contributed by atoms with Crippen LogP contribution in [0.15, 0.2) is 18.2 Å². The summed E-state index contributed by atoms with van der Waals surface area (Å²) in [4.78, 5) is 0. The van der Waals surface area contributed by atoms with Crippen molar-refractivity contribution in [1.82, 2.24) is 0 Å². The highest BCUT2D eigenvalue weighted by Crippen LogP contribution is 2.24. The van der Waals surface area contributed by atoms with E-state index < -0.39 is 5.82 Å². The summed E-state index contributed by atoms with van der Waals surface area (Å²) in [6, 6.07) is 6.84. The summed E-state index contributed by atoms with van der Waals surface area (Å²) in [5.74, 6) is -0.396. The van der Waals surface area contributed by atoms with Gasteiger partial charge in [-0.05, 0) is 31.0 Å². The predicted octanol–water partition coefficient (Wildman–Crippen LogP) is 3.24. The molecule has 1 aromatic carbocycles. The van der Waals surface area contributed by atoms with Crippen molar-refractivity contribution in [2.24, 2.45) is 0 Å². The van der Waals surface area contributed by atoms with E-state index in [0.29, 0.717) is 18.6 Å². The van der Waals surface area contributed by atoms with Gasteiger partial charge in [-0.25, -0.2) is 4.39 Å².